The van der Waals surface area contributed by atoms with E-state index in [1.54, 1.807) is 24.3 Å². The Morgan fingerprint density at radius 2 is 1.47 bits per heavy atom. The van der Waals surface area contributed by atoms with Gasteiger partial charge < -0.3 is 19.7 Å². The van der Waals surface area contributed by atoms with E-state index >= 15 is 0 Å². The predicted molar refractivity (Wildman–Crippen MR) is 168 cm³/mol. The summed E-state index contributed by atoms with van der Waals surface area (Å²) in [4.78, 5) is 29.5. The summed E-state index contributed by atoms with van der Waals surface area (Å²) in [5.74, 6) is -0.540. The lowest BCUT2D eigenvalue weighted by molar-refractivity contribution is -0.252. The van der Waals surface area contributed by atoms with E-state index in [9.17, 15) is 19.8 Å². The fourth-order valence-electron chi connectivity index (χ4n) is 6.58. The number of ether oxygens (including phenoxy) is 2. The number of aliphatic hydroxyl groups excluding tert-OH is 2. The Balaban J connectivity index is 1.12. The van der Waals surface area contributed by atoms with Crippen LogP contribution in [0.3, 0.4) is 0 Å². The van der Waals surface area contributed by atoms with Crippen molar-refractivity contribution >= 4 is 11.8 Å². The molecular formula is C37H36N2O6. The second kappa shape index (κ2) is 12.7. The van der Waals surface area contributed by atoms with Gasteiger partial charge in [-0.05, 0) is 58.5 Å². The van der Waals surface area contributed by atoms with Crippen LogP contribution in [0, 0.1) is 0 Å². The first-order valence-corrected chi connectivity index (χ1v) is 15.5. The summed E-state index contributed by atoms with van der Waals surface area (Å²) in [6, 6.07) is 30.8. The fourth-order valence-corrected chi connectivity index (χ4v) is 6.58. The van der Waals surface area contributed by atoms with Crippen LogP contribution in [-0.2, 0) is 22.6 Å². The predicted octanol–water partition coefficient (Wildman–Crippen LogP) is 5.25. The number of carbonyl (C=O) groups excluding carboxylic acids is 2. The highest BCUT2D eigenvalue weighted by atomic mass is 16.7. The highest BCUT2D eigenvalue weighted by Crippen LogP contribution is 2.39. The number of hydrogen-bond donors (Lipinski definition) is 2. The smallest absolute Gasteiger partial charge is 0.261 e. The van der Waals surface area contributed by atoms with Gasteiger partial charge in [-0.25, -0.2) is 0 Å². The first-order chi connectivity index (χ1) is 21.9. The van der Waals surface area contributed by atoms with E-state index in [0.29, 0.717) is 30.6 Å². The Labute approximate surface area is 262 Å². The number of benzene rings is 4. The maximum atomic E-state index is 12.9. The van der Waals surface area contributed by atoms with E-state index in [1.165, 1.54) is 4.90 Å². The third-order valence-corrected chi connectivity index (χ3v) is 8.96. The van der Waals surface area contributed by atoms with Crippen molar-refractivity contribution < 1.29 is 29.3 Å². The number of fused-ring (bicyclic) bond motifs is 1. The van der Waals surface area contributed by atoms with Gasteiger partial charge in [0.1, 0.15) is 0 Å². The summed E-state index contributed by atoms with van der Waals surface area (Å²) in [7, 11) is 0. The van der Waals surface area contributed by atoms with Crippen molar-refractivity contribution in [3.63, 3.8) is 0 Å². The SMILES string of the molecule is O=C1c2ccccc2C(=O)N1Cc1cccc(-c2cccc([C@H]3O[C@@H](CN4CC[C@H](O)C4)C[C@@H](c4ccc(CO)cc4)O3)c2)c1. The van der Waals surface area contributed by atoms with Gasteiger partial charge in [0, 0.05) is 31.6 Å². The van der Waals surface area contributed by atoms with Gasteiger partial charge in [0.15, 0.2) is 6.29 Å². The van der Waals surface area contributed by atoms with E-state index in [2.05, 4.69) is 11.0 Å². The molecule has 4 atom stereocenters. The number of β-amino-alcohol motifs (C(OH)–C–C–N with tert-alkyl or cyclic N) is 1. The van der Waals surface area contributed by atoms with Crippen molar-refractivity contribution in [3.8, 4) is 11.1 Å². The molecule has 2 fully saturated rings. The summed E-state index contributed by atoms with van der Waals surface area (Å²) in [6.45, 7) is 2.38. The largest absolute Gasteiger partial charge is 0.392 e. The number of amides is 2. The lowest BCUT2D eigenvalue weighted by Gasteiger charge is -2.38. The van der Waals surface area contributed by atoms with Crippen molar-refractivity contribution in [1.82, 2.24) is 9.80 Å². The number of imide groups is 1. The van der Waals surface area contributed by atoms with Gasteiger partial charge in [-0.3, -0.25) is 19.4 Å². The van der Waals surface area contributed by atoms with Gasteiger partial charge in [0.25, 0.3) is 11.8 Å². The molecule has 2 amide bonds. The molecule has 4 aromatic rings. The van der Waals surface area contributed by atoms with Crippen LogP contribution in [0.15, 0.2) is 97.1 Å². The van der Waals surface area contributed by atoms with Crippen molar-refractivity contribution in [1.29, 1.82) is 0 Å². The van der Waals surface area contributed by atoms with Crippen LogP contribution in [0.5, 0.6) is 0 Å². The van der Waals surface area contributed by atoms with Gasteiger partial charge in [0.05, 0.1) is 42.6 Å². The van der Waals surface area contributed by atoms with Crippen LogP contribution in [0.25, 0.3) is 11.1 Å². The van der Waals surface area contributed by atoms with E-state index in [0.717, 1.165) is 46.3 Å². The number of aliphatic hydroxyl groups is 2. The van der Waals surface area contributed by atoms with Crippen molar-refractivity contribution in [2.75, 3.05) is 19.6 Å². The summed E-state index contributed by atoms with van der Waals surface area (Å²) < 4.78 is 13.1. The molecule has 2 saturated heterocycles. The molecule has 45 heavy (non-hydrogen) atoms. The van der Waals surface area contributed by atoms with Crippen LogP contribution >= 0.6 is 0 Å². The molecule has 0 aromatic heterocycles. The van der Waals surface area contributed by atoms with Gasteiger partial charge >= 0.3 is 0 Å². The first-order valence-electron chi connectivity index (χ1n) is 15.5. The fraction of sp³-hybridized carbons (Fsp3) is 0.297. The van der Waals surface area contributed by atoms with Crippen molar-refractivity contribution in [2.45, 2.75) is 50.6 Å². The maximum Gasteiger partial charge on any atom is 0.261 e. The lowest BCUT2D eigenvalue weighted by atomic mass is 9.98. The van der Waals surface area contributed by atoms with Crippen LogP contribution < -0.4 is 0 Å². The van der Waals surface area contributed by atoms with E-state index in [1.807, 2.05) is 66.7 Å². The molecule has 0 aliphatic carbocycles. The van der Waals surface area contributed by atoms with Gasteiger partial charge in [-0.1, -0.05) is 72.8 Å². The summed E-state index contributed by atoms with van der Waals surface area (Å²) in [5, 5.41) is 19.6. The second-order valence-corrected chi connectivity index (χ2v) is 12.1. The Kier molecular flexibility index (Phi) is 8.31. The van der Waals surface area contributed by atoms with Crippen molar-refractivity contribution in [3.05, 3.63) is 130 Å². The van der Waals surface area contributed by atoms with Gasteiger partial charge in [-0.2, -0.15) is 0 Å². The molecule has 3 aliphatic rings. The Bertz CT molecular complexity index is 1670. The molecule has 7 rings (SSSR count). The molecule has 2 N–H and O–H groups in total. The molecule has 8 heteroatoms. The average molecular weight is 605 g/mol. The number of likely N-dealkylation sites (tertiary alicyclic amines) is 1. The standard InChI is InChI=1S/C37H36N2O6/c40-23-24-11-13-26(14-12-24)34-19-31(22-38-16-15-30(41)21-38)44-37(45-34)29-8-4-7-28(18-29)27-6-3-5-25(17-27)20-39-35(42)32-9-1-2-10-33(32)36(39)43/h1-14,17-18,30-31,34,37,40-41H,15-16,19-23H2/t30-,31+,34-,37-/m0/s1. The normalized spacial score (nSPS) is 23.5. The minimum Gasteiger partial charge on any atom is -0.392 e. The van der Waals surface area contributed by atoms with Crippen LogP contribution in [-0.4, -0.2) is 63.7 Å². The topological polar surface area (TPSA) is 99.5 Å². The number of nitrogens with zero attached hydrogens (tertiary/aromatic N) is 2. The van der Waals surface area contributed by atoms with Crippen LogP contribution in [0.4, 0.5) is 0 Å². The lowest BCUT2D eigenvalue weighted by Crippen LogP contribution is -2.38. The number of carbonyl (C=O) groups is 2. The first kappa shape index (κ1) is 29.5. The molecule has 8 nitrogen and oxygen atoms in total. The highest BCUT2D eigenvalue weighted by Gasteiger charge is 2.36. The monoisotopic (exact) mass is 604 g/mol. The molecule has 4 aromatic carbocycles. The molecule has 0 bridgehead atoms. The third kappa shape index (κ3) is 6.20. The van der Waals surface area contributed by atoms with Gasteiger partial charge in [-0.15, -0.1) is 0 Å². The summed E-state index contributed by atoms with van der Waals surface area (Å²) in [6.07, 6.45) is 0.268. The number of rotatable bonds is 8. The minimum atomic E-state index is -0.597. The molecule has 0 saturated carbocycles. The zero-order chi connectivity index (χ0) is 30.9. The Morgan fingerprint density at radius 3 is 2.16 bits per heavy atom. The van der Waals surface area contributed by atoms with E-state index in [-0.39, 0.29) is 43.3 Å². The Hall–Kier alpha value is -4.18. The second-order valence-electron chi connectivity index (χ2n) is 12.1. The average Bonchev–Trinajstić information content (AvgIpc) is 3.60. The van der Waals surface area contributed by atoms with Crippen molar-refractivity contribution in [2.24, 2.45) is 0 Å². The molecule has 230 valence electrons. The molecule has 0 radical (unpaired) electrons. The third-order valence-electron chi connectivity index (χ3n) is 8.96. The summed E-state index contributed by atoms with van der Waals surface area (Å²) >= 11 is 0. The van der Waals surface area contributed by atoms with E-state index < -0.39 is 6.29 Å². The Morgan fingerprint density at radius 1 is 0.756 bits per heavy atom. The quantitative estimate of drug-likeness (QED) is 0.265. The van der Waals surface area contributed by atoms with E-state index in [4.69, 9.17) is 9.47 Å². The minimum absolute atomic E-state index is 0.0102. The maximum absolute atomic E-state index is 12.9. The molecule has 3 aliphatic heterocycles. The van der Waals surface area contributed by atoms with Crippen LogP contribution in [0.1, 0.15) is 68.2 Å². The zero-order valence-electron chi connectivity index (χ0n) is 24.9. The molecule has 3 heterocycles. The van der Waals surface area contributed by atoms with Crippen LogP contribution in [0.2, 0.25) is 0 Å². The molecule has 0 spiro atoms. The van der Waals surface area contributed by atoms with Gasteiger partial charge in [0.2, 0.25) is 0 Å². The number of hydrogen-bond acceptors (Lipinski definition) is 7. The molecule has 0 unspecified atom stereocenters. The summed E-state index contributed by atoms with van der Waals surface area (Å²) in [5.41, 5.74) is 6.45. The highest BCUT2D eigenvalue weighted by molar-refractivity contribution is 6.21. The zero-order valence-corrected chi connectivity index (χ0v) is 24.9. The molecular weight excluding hydrogens is 568 g/mol.